The Morgan fingerprint density at radius 2 is 1.74 bits per heavy atom. The van der Waals surface area contributed by atoms with Crippen LogP contribution in [0.15, 0.2) is 42.5 Å². The van der Waals surface area contributed by atoms with E-state index in [2.05, 4.69) is 0 Å². The van der Waals surface area contributed by atoms with Gasteiger partial charge in [-0.25, -0.2) is 9.69 Å². The Hall–Kier alpha value is -2.53. The minimum Gasteiger partial charge on any atom is -0.394 e. The summed E-state index contributed by atoms with van der Waals surface area (Å²) in [5, 5.41) is 40.5. The molecule has 4 rings (SSSR count). The molecular formula is C25H29ClN2O7. The van der Waals surface area contributed by atoms with Crippen LogP contribution in [0.4, 0.5) is 10.5 Å². The molecule has 2 fully saturated rings. The van der Waals surface area contributed by atoms with Gasteiger partial charge in [0.05, 0.1) is 12.3 Å². The Morgan fingerprint density at radius 1 is 1.03 bits per heavy atom. The van der Waals surface area contributed by atoms with Crippen LogP contribution in [-0.2, 0) is 16.0 Å². The lowest BCUT2D eigenvalue weighted by atomic mass is 9.90. The lowest BCUT2D eigenvalue weighted by Gasteiger charge is -2.40. The molecule has 0 unspecified atom stereocenters. The van der Waals surface area contributed by atoms with E-state index in [4.69, 9.17) is 16.3 Å². The highest BCUT2D eigenvalue weighted by molar-refractivity contribution is 6.31. The van der Waals surface area contributed by atoms with Gasteiger partial charge < -0.3 is 30.1 Å². The number of carbonyl (C=O) groups excluding carboxylic acids is 2. The van der Waals surface area contributed by atoms with Gasteiger partial charge in [0.25, 0.3) is 5.91 Å². The Morgan fingerprint density at radius 3 is 2.40 bits per heavy atom. The average Bonchev–Trinajstić information content (AvgIpc) is 3.13. The number of ether oxygens (including phenoxy) is 1. The van der Waals surface area contributed by atoms with E-state index in [-0.39, 0.29) is 18.5 Å². The Bertz CT molecular complexity index is 1080. The summed E-state index contributed by atoms with van der Waals surface area (Å²) in [4.78, 5) is 27.6. The topological polar surface area (TPSA) is 131 Å². The van der Waals surface area contributed by atoms with Gasteiger partial charge in [-0.3, -0.25) is 4.79 Å². The molecule has 0 saturated carbocycles. The monoisotopic (exact) mass is 504 g/mol. The first-order chi connectivity index (χ1) is 16.7. The van der Waals surface area contributed by atoms with E-state index in [1.165, 1.54) is 9.80 Å². The molecule has 10 heteroatoms. The Labute approximate surface area is 208 Å². The quantitative estimate of drug-likeness (QED) is 0.421. The maximum atomic E-state index is 12.6. The highest BCUT2D eigenvalue weighted by Crippen LogP contribution is 2.34. The zero-order chi connectivity index (χ0) is 25.3. The van der Waals surface area contributed by atoms with Crippen LogP contribution in [0.1, 0.15) is 36.1 Å². The normalized spacial score (nSPS) is 27.1. The first-order valence-corrected chi connectivity index (χ1v) is 11.9. The third kappa shape index (κ3) is 5.06. The molecule has 0 bridgehead atoms. The minimum absolute atomic E-state index is 0.0782. The van der Waals surface area contributed by atoms with Gasteiger partial charge in [-0.15, -0.1) is 0 Å². The molecule has 2 aromatic rings. The molecule has 0 radical (unpaired) electrons. The van der Waals surface area contributed by atoms with Crippen molar-refractivity contribution >= 4 is 29.2 Å². The summed E-state index contributed by atoms with van der Waals surface area (Å²) < 4.78 is 5.65. The molecular weight excluding hydrogens is 476 g/mol. The van der Waals surface area contributed by atoms with Crippen molar-refractivity contribution in [3.8, 4) is 0 Å². The number of halogens is 1. The molecule has 2 heterocycles. The zero-order valence-electron chi connectivity index (χ0n) is 19.2. The van der Waals surface area contributed by atoms with Crippen LogP contribution in [0.3, 0.4) is 0 Å². The summed E-state index contributed by atoms with van der Waals surface area (Å²) in [6.45, 7) is 2.05. The van der Waals surface area contributed by atoms with Crippen LogP contribution in [0.2, 0.25) is 5.02 Å². The third-order valence-electron chi connectivity index (χ3n) is 6.41. The fourth-order valence-corrected chi connectivity index (χ4v) is 4.70. The zero-order valence-corrected chi connectivity index (χ0v) is 20.0. The molecule has 3 amide bonds. The van der Waals surface area contributed by atoms with Gasteiger partial charge in [-0.05, 0) is 47.7 Å². The number of hydrogen-bond acceptors (Lipinski definition) is 7. The number of aliphatic hydroxyl groups is 4. The van der Waals surface area contributed by atoms with E-state index >= 15 is 0 Å². The summed E-state index contributed by atoms with van der Waals surface area (Å²) in [7, 11) is 0. The number of rotatable bonds is 7. The number of aliphatic hydroxyl groups excluding tert-OH is 4. The maximum absolute atomic E-state index is 12.6. The smallest absolute Gasteiger partial charge is 0.331 e. The Balaban J connectivity index is 1.52. The van der Waals surface area contributed by atoms with Crippen LogP contribution in [-0.4, -0.2) is 81.4 Å². The fraction of sp³-hybridized carbons (Fsp3) is 0.440. The van der Waals surface area contributed by atoms with Crippen molar-refractivity contribution in [3.05, 3.63) is 64.2 Å². The number of urea groups is 1. The highest BCUT2D eigenvalue weighted by atomic mass is 35.5. The van der Waals surface area contributed by atoms with E-state index in [1.807, 2.05) is 19.1 Å². The Kier molecular flexibility index (Phi) is 7.75. The first kappa shape index (κ1) is 25.6. The van der Waals surface area contributed by atoms with Crippen LogP contribution in [0.25, 0.3) is 0 Å². The fourth-order valence-electron chi connectivity index (χ4n) is 4.52. The minimum atomic E-state index is -1.47. The van der Waals surface area contributed by atoms with Crippen molar-refractivity contribution in [1.29, 1.82) is 0 Å². The lowest BCUT2D eigenvalue weighted by molar-refractivity contribution is -0.231. The van der Waals surface area contributed by atoms with Gasteiger partial charge in [0.15, 0.2) is 0 Å². The van der Waals surface area contributed by atoms with Gasteiger partial charge in [-0.2, -0.15) is 0 Å². The summed E-state index contributed by atoms with van der Waals surface area (Å²) in [6.07, 6.45) is -5.05. The van der Waals surface area contributed by atoms with Crippen molar-refractivity contribution in [2.24, 2.45) is 0 Å². The van der Waals surface area contributed by atoms with Crippen molar-refractivity contribution in [1.82, 2.24) is 4.90 Å². The molecule has 2 saturated heterocycles. The van der Waals surface area contributed by atoms with E-state index in [9.17, 15) is 30.0 Å². The number of hydrogen-bond donors (Lipinski definition) is 4. The number of amides is 3. The summed E-state index contributed by atoms with van der Waals surface area (Å²) in [5.41, 5.74) is 2.66. The number of nitrogens with zero attached hydrogens (tertiary/aromatic N) is 2. The van der Waals surface area contributed by atoms with E-state index in [1.54, 1.807) is 30.3 Å². The number of benzene rings is 2. The predicted molar refractivity (Wildman–Crippen MR) is 128 cm³/mol. The largest absolute Gasteiger partial charge is 0.394 e. The maximum Gasteiger partial charge on any atom is 0.331 e. The second-order valence-electron chi connectivity index (χ2n) is 8.88. The van der Waals surface area contributed by atoms with Crippen LogP contribution < -0.4 is 4.90 Å². The predicted octanol–water partition coefficient (Wildman–Crippen LogP) is 1.62. The van der Waals surface area contributed by atoms with E-state index < -0.39 is 37.1 Å². The van der Waals surface area contributed by atoms with Crippen LogP contribution in [0.5, 0.6) is 0 Å². The summed E-state index contributed by atoms with van der Waals surface area (Å²) in [5.74, 6) is -0.258. The van der Waals surface area contributed by atoms with Gasteiger partial charge in [0, 0.05) is 11.6 Å². The van der Waals surface area contributed by atoms with Crippen LogP contribution in [0, 0.1) is 0 Å². The standard InChI is InChI=1S/C25H29ClN2O7/c1-2-9-27-12-20(30)28(25(27)34)17-6-3-14(4-7-17)10-16-11-15(5-8-18(16)26)24-23(33)22(32)21(31)19(13-29)35-24/h3-8,11,19,21-24,29,31-33H,2,9-10,12-13H2,1H3/t19-,21-,22+,23-,24+/m1/s1. The van der Waals surface area contributed by atoms with E-state index in [0.717, 1.165) is 17.5 Å². The van der Waals surface area contributed by atoms with Crippen molar-refractivity contribution in [3.63, 3.8) is 0 Å². The van der Waals surface area contributed by atoms with Gasteiger partial charge in [0.2, 0.25) is 0 Å². The molecule has 0 spiro atoms. The van der Waals surface area contributed by atoms with Crippen LogP contribution >= 0.6 is 11.6 Å². The molecule has 5 atom stereocenters. The molecule has 35 heavy (non-hydrogen) atoms. The van der Waals surface area contributed by atoms with Crippen molar-refractivity contribution in [2.45, 2.75) is 50.3 Å². The van der Waals surface area contributed by atoms with Gasteiger partial charge >= 0.3 is 6.03 Å². The molecule has 188 valence electrons. The van der Waals surface area contributed by atoms with Gasteiger partial charge in [-0.1, -0.05) is 42.8 Å². The van der Waals surface area contributed by atoms with Crippen molar-refractivity contribution in [2.75, 3.05) is 24.6 Å². The molecule has 2 aromatic carbocycles. The number of imide groups is 1. The first-order valence-electron chi connectivity index (χ1n) is 11.5. The molecule has 2 aliphatic heterocycles. The number of anilines is 1. The van der Waals surface area contributed by atoms with E-state index in [0.29, 0.717) is 29.2 Å². The summed E-state index contributed by atoms with van der Waals surface area (Å²) in [6, 6.07) is 11.8. The average molecular weight is 505 g/mol. The molecule has 0 aliphatic carbocycles. The molecule has 2 aliphatic rings. The molecule has 4 N–H and O–H groups in total. The van der Waals surface area contributed by atoms with Gasteiger partial charge in [0.1, 0.15) is 37.1 Å². The SMILES string of the molecule is CCCN1CC(=O)N(c2ccc(Cc3cc([C@@H]4O[C@H](CO)[C@@H](O)[C@H](O)[C@H]4O)ccc3Cl)cc2)C1=O. The second kappa shape index (κ2) is 10.6. The lowest BCUT2D eigenvalue weighted by Crippen LogP contribution is -2.55. The summed E-state index contributed by atoms with van der Waals surface area (Å²) >= 11 is 6.41. The third-order valence-corrected chi connectivity index (χ3v) is 6.78. The highest BCUT2D eigenvalue weighted by Gasteiger charge is 2.44. The molecule has 0 aromatic heterocycles. The van der Waals surface area contributed by atoms with Crippen molar-refractivity contribution < 1.29 is 34.8 Å². The molecule has 9 nitrogen and oxygen atoms in total. The number of carbonyl (C=O) groups is 2. The second-order valence-corrected chi connectivity index (χ2v) is 9.28.